The van der Waals surface area contributed by atoms with Gasteiger partial charge in [-0.1, -0.05) is 0 Å². The van der Waals surface area contributed by atoms with Crippen LogP contribution >= 0.6 is 0 Å². The fourth-order valence-electron chi connectivity index (χ4n) is 4.46. The minimum absolute atomic E-state index is 0. The molecule has 0 spiro atoms. The van der Waals surface area contributed by atoms with Crippen LogP contribution in [0.5, 0.6) is 0 Å². The fourth-order valence-corrected chi connectivity index (χ4v) is 4.46. The summed E-state index contributed by atoms with van der Waals surface area (Å²) in [5.41, 5.74) is -1.21. The molecule has 1 radical (unpaired) electrons. The Bertz CT molecular complexity index is 288. The maximum Gasteiger partial charge on any atom is 0.309 e. The molecule has 4 heteroatoms. The standard InChI is InChI=1S/C11H16O3.Ag/c12-9(13)10-2-7-1-8(3-10)5-11(14,4-7)6-10;/h7-8,14H,1-6H2,(H,12,13);. The number of carboxylic acids is 1. The van der Waals surface area contributed by atoms with E-state index in [-0.39, 0.29) is 22.4 Å². The van der Waals surface area contributed by atoms with Crippen molar-refractivity contribution >= 4 is 5.97 Å². The third kappa shape index (κ3) is 1.60. The molecule has 2 unspecified atom stereocenters. The van der Waals surface area contributed by atoms with Gasteiger partial charge in [0.25, 0.3) is 0 Å². The Morgan fingerprint density at radius 3 is 2.07 bits per heavy atom. The van der Waals surface area contributed by atoms with Gasteiger partial charge < -0.3 is 10.2 Å². The Balaban J connectivity index is 0.000000853. The largest absolute Gasteiger partial charge is 0.481 e. The number of aliphatic hydroxyl groups is 1. The SMILES string of the molecule is O=C(O)C12CC3CC(CC(O)(C3)C1)C2.[Ag]. The van der Waals surface area contributed by atoms with Gasteiger partial charge in [0.2, 0.25) is 0 Å². The van der Waals surface area contributed by atoms with E-state index in [0.29, 0.717) is 18.3 Å². The van der Waals surface area contributed by atoms with Crippen LogP contribution in [-0.4, -0.2) is 21.8 Å². The van der Waals surface area contributed by atoms with Gasteiger partial charge in [-0.3, -0.25) is 4.79 Å². The Kier molecular flexibility index (Phi) is 2.59. The Hall–Kier alpha value is 0.170. The van der Waals surface area contributed by atoms with Crippen LogP contribution in [0.2, 0.25) is 0 Å². The molecule has 89 valence electrons. The number of rotatable bonds is 1. The van der Waals surface area contributed by atoms with Gasteiger partial charge in [0.05, 0.1) is 11.0 Å². The van der Waals surface area contributed by atoms with Crippen LogP contribution in [-0.2, 0) is 27.2 Å². The first kappa shape index (κ1) is 11.6. The van der Waals surface area contributed by atoms with Crippen molar-refractivity contribution in [2.24, 2.45) is 17.3 Å². The van der Waals surface area contributed by atoms with E-state index >= 15 is 0 Å². The normalized spacial score (nSPS) is 51.3. The summed E-state index contributed by atoms with van der Waals surface area (Å²) in [6, 6.07) is 0. The molecule has 2 N–H and O–H groups in total. The summed E-state index contributed by atoms with van der Waals surface area (Å²) < 4.78 is 0. The molecule has 0 heterocycles. The van der Waals surface area contributed by atoms with Gasteiger partial charge >= 0.3 is 5.97 Å². The molecule has 2 atom stereocenters. The molecule has 0 aromatic rings. The number of aliphatic carboxylic acids is 1. The van der Waals surface area contributed by atoms with Crippen molar-refractivity contribution < 1.29 is 37.4 Å². The van der Waals surface area contributed by atoms with Gasteiger partial charge in [0.15, 0.2) is 0 Å². The third-order valence-corrected chi connectivity index (χ3v) is 4.48. The minimum Gasteiger partial charge on any atom is -0.481 e. The van der Waals surface area contributed by atoms with Gasteiger partial charge in [-0.05, 0) is 50.4 Å². The van der Waals surface area contributed by atoms with E-state index in [9.17, 15) is 15.0 Å². The maximum absolute atomic E-state index is 11.3. The Labute approximate surface area is 105 Å². The second-order valence-electron chi connectivity index (χ2n) is 5.77. The van der Waals surface area contributed by atoms with Gasteiger partial charge in [-0.25, -0.2) is 0 Å². The molecule has 0 aromatic carbocycles. The van der Waals surface area contributed by atoms with Crippen molar-refractivity contribution in [3.63, 3.8) is 0 Å². The molecular weight excluding hydrogens is 288 g/mol. The van der Waals surface area contributed by atoms with Crippen LogP contribution in [0.15, 0.2) is 0 Å². The average Bonchev–Trinajstić information content (AvgIpc) is 1.98. The van der Waals surface area contributed by atoms with Crippen molar-refractivity contribution in [1.82, 2.24) is 0 Å². The van der Waals surface area contributed by atoms with E-state index < -0.39 is 17.0 Å². The molecule has 4 aliphatic rings. The van der Waals surface area contributed by atoms with Gasteiger partial charge in [0, 0.05) is 22.4 Å². The molecular formula is C11H16AgO3. The Morgan fingerprint density at radius 2 is 1.67 bits per heavy atom. The molecule has 4 bridgehead atoms. The molecule has 4 fully saturated rings. The summed E-state index contributed by atoms with van der Waals surface area (Å²) in [5.74, 6) is 0.264. The van der Waals surface area contributed by atoms with E-state index in [1.807, 2.05) is 0 Å². The minimum atomic E-state index is -0.676. The van der Waals surface area contributed by atoms with Crippen LogP contribution in [0.4, 0.5) is 0 Å². The summed E-state index contributed by atoms with van der Waals surface area (Å²) in [5, 5.41) is 19.5. The van der Waals surface area contributed by atoms with E-state index in [0.717, 1.165) is 32.1 Å². The summed E-state index contributed by atoms with van der Waals surface area (Å²) in [6.45, 7) is 0. The van der Waals surface area contributed by atoms with E-state index in [1.165, 1.54) is 0 Å². The average molecular weight is 304 g/mol. The molecule has 3 nitrogen and oxygen atoms in total. The zero-order valence-electron chi connectivity index (χ0n) is 8.50. The molecule has 4 aliphatic carbocycles. The zero-order valence-corrected chi connectivity index (χ0v) is 9.98. The predicted molar refractivity (Wildman–Crippen MR) is 49.7 cm³/mol. The van der Waals surface area contributed by atoms with Crippen LogP contribution < -0.4 is 0 Å². The monoisotopic (exact) mass is 303 g/mol. The number of carboxylic acid groups (broad SMARTS) is 1. The quantitative estimate of drug-likeness (QED) is 0.720. The van der Waals surface area contributed by atoms with Gasteiger partial charge in [-0.2, -0.15) is 0 Å². The molecule has 0 amide bonds. The zero-order chi connectivity index (χ0) is 9.97. The number of carbonyl (C=O) groups is 1. The number of hydrogen-bond acceptors (Lipinski definition) is 2. The topological polar surface area (TPSA) is 57.5 Å². The second kappa shape index (κ2) is 3.33. The van der Waals surface area contributed by atoms with Crippen molar-refractivity contribution in [3.8, 4) is 0 Å². The molecule has 4 saturated carbocycles. The molecule has 0 aromatic heterocycles. The summed E-state index contributed by atoms with van der Waals surface area (Å²) >= 11 is 0. The fraction of sp³-hybridized carbons (Fsp3) is 0.909. The molecule has 15 heavy (non-hydrogen) atoms. The van der Waals surface area contributed by atoms with Gasteiger partial charge in [-0.15, -0.1) is 0 Å². The predicted octanol–water partition coefficient (Wildman–Crippen LogP) is 1.40. The molecule has 0 saturated heterocycles. The van der Waals surface area contributed by atoms with Crippen molar-refractivity contribution in [1.29, 1.82) is 0 Å². The summed E-state index contributed by atoms with van der Waals surface area (Å²) in [7, 11) is 0. The van der Waals surface area contributed by atoms with Crippen molar-refractivity contribution in [2.45, 2.75) is 44.1 Å². The van der Waals surface area contributed by atoms with Crippen molar-refractivity contribution in [3.05, 3.63) is 0 Å². The van der Waals surface area contributed by atoms with Crippen LogP contribution in [0.25, 0.3) is 0 Å². The second-order valence-corrected chi connectivity index (χ2v) is 5.77. The first-order chi connectivity index (χ1) is 6.51. The first-order valence-corrected chi connectivity index (χ1v) is 5.47. The first-order valence-electron chi connectivity index (χ1n) is 5.47. The molecule has 4 rings (SSSR count). The molecule has 0 aliphatic heterocycles. The van der Waals surface area contributed by atoms with Crippen molar-refractivity contribution in [2.75, 3.05) is 0 Å². The number of hydrogen-bond donors (Lipinski definition) is 2. The summed E-state index contributed by atoms with van der Waals surface area (Å²) in [4.78, 5) is 11.3. The Morgan fingerprint density at radius 1 is 1.13 bits per heavy atom. The smallest absolute Gasteiger partial charge is 0.309 e. The van der Waals surface area contributed by atoms with Crippen LogP contribution in [0.1, 0.15) is 38.5 Å². The maximum atomic E-state index is 11.3. The third-order valence-electron chi connectivity index (χ3n) is 4.48. The van der Waals surface area contributed by atoms with E-state index in [1.54, 1.807) is 0 Å². The van der Waals surface area contributed by atoms with E-state index in [2.05, 4.69) is 0 Å². The van der Waals surface area contributed by atoms with Crippen LogP contribution in [0, 0.1) is 17.3 Å². The van der Waals surface area contributed by atoms with E-state index in [4.69, 9.17) is 0 Å². The summed E-state index contributed by atoms with van der Waals surface area (Å²) in [6.07, 6.45) is 4.96. The van der Waals surface area contributed by atoms with Gasteiger partial charge in [0.1, 0.15) is 0 Å². The van der Waals surface area contributed by atoms with Crippen LogP contribution in [0.3, 0.4) is 0 Å².